The van der Waals surface area contributed by atoms with Crippen molar-refractivity contribution >= 4 is 11.8 Å². The average Bonchev–Trinajstić information content (AvgIpc) is 3.09. The number of hydrogen-bond donors (Lipinski definition) is 1. The molecule has 2 heterocycles. The number of amides is 2. The van der Waals surface area contributed by atoms with Crippen LogP contribution in [0, 0.1) is 5.92 Å². The molecule has 5 heteroatoms. The molecule has 1 atom stereocenters. The molecule has 1 aliphatic rings. The molecule has 24 heavy (non-hydrogen) atoms. The van der Waals surface area contributed by atoms with Gasteiger partial charge in [0.15, 0.2) is 0 Å². The Kier molecular flexibility index (Phi) is 5.21. The van der Waals surface area contributed by atoms with Gasteiger partial charge in [-0.1, -0.05) is 24.3 Å². The molecular weight excluding hydrogens is 302 g/mol. The van der Waals surface area contributed by atoms with E-state index in [-0.39, 0.29) is 18.4 Å². The summed E-state index contributed by atoms with van der Waals surface area (Å²) in [5.41, 5.74) is 1.63. The van der Waals surface area contributed by atoms with Gasteiger partial charge in [0, 0.05) is 30.5 Å². The zero-order valence-electron chi connectivity index (χ0n) is 13.5. The first-order chi connectivity index (χ1) is 11.7. The zero-order valence-corrected chi connectivity index (χ0v) is 13.5. The van der Waals surface area contributed by atoms with Gasteiger partial charge in [-0.2, -0.15) is 0 Å². The fourth-order valence-corrected chi connectivity index (χ4v) is 3.00. The van der Waals surface area contributed by atoms with Gasteiger partial charge < -0.3 is 10.2 Å². The summed E-state index contributed by atoms with van der Waals surface area (Å²) < 4.78 is 0. The average molecular weight is 323 g/mol. The molecule has 1 N–H and O–H groups in total. The first-order valence-electron chi connectivity index (χ1n) is 8.23. The van der Waals surface area contributed by atoms with Crippen molar-refractivity contribution in [1.82, 2.24) is 15.2 Å². The van der Waals surface area contributed by atoms with Gasteiger partial charge in [-0.05, 0) is 43.0 Å². The lowest BCUT2D eigenvalue weighted by Gasteiger charge is -2.17. The van der Waals surface area contributed by atoms with Crippen molar-refractivity contribution in [2.75, 3.05) is 19.6 Å². The SMILES string of the molecule is O=C(NCC(=O)N1CCC(Cc2ccccn2)C1)c1ccccc1. The summed E-state index contributed by atoms with van der Waals surface area (Å²) >= 11 is 0. The highest BCUT2D eigenvalue weighted by Gasteiger charge is 2.26. The molecule has 5 nitrogen and oxygen atoms in total. The highest BCUT2D eigenvalue weighted by atomic mass is 16.2. The minimum absolute atomic E-state index is 0.0252. The lowest BCUT2D eigenvalue weighted by molar-refractivity contribution is -0.129. The molecule has 0 spiro atoms. The molecule has 0 bridgehead atoms. The molecule has 1 aliphatic heterocycles. The van der Waals surface area contributed by atoms with E-state index < -0.39 is 0 Å². The fraction of sp³-hybridized carbons (Fsp3) is 0.316. The van der Waals surface area contributed by atoms with Crippen LogP contribution in [0.1, 0.15) is 22.5 Å². The van der Waals surface area contributed by atoms with Gasteiger partial charge in [0.1, 0.15) is 0 Å². The molecule has 0 radical (unpaired) electrons. The summed E-state index contributed by atoms with van der Waals surface area (Å²) in [6, 6.07) is 14.8. The van der Waals surface area contributed by atoms with Crippen molar-refractivity contribution in [3.05, 3.63) is 66.0 Å². The maximum atomic E-state index is 12.3. The van der Waals surface area contributed by atoms with Gasteiger partial charge >= 0.3 is 0 Å². The fourth-order valence-electron chi connectivity index (χ4n) is 3.00. The quantitative estimate of drug-likeness (QED) is 0.914. The van der Waals surface area contributed by atoms with E-state index in [2.05, 4.69) is 10.3 Å². The van der Waals surface area contributed by atoms with Crippen molar-refractivity contribution in [3.8, 4) is 0 Å². The molecule has 1 aromatic carbocycles. The van der Waals surface area contributed by atoms with E-state index in [0.717, 1.165) is 31.6 Å². The van der Waals surface area contributed by atoms with Crippen LogP contribution in [0.2, 0.25) is 0 Å². The molecule has 3 rings (SSSR count). The lowest BCUT2D eigenvalue weighted by atomic mass is 10.0. The molecule has 1 aromatic heterocycles. The minimum atomic E-state index is -0.215. The highest BCUT2D eigenvalue weighted by Crippen LogP contribution is 2.19. The third-order valence-electron chi connectivity index (χ3n) is 4.30. The number of carbonyl (C=O) groups is 2. The molecule has 2 amide bonds. The van der Waals surface area contributed by atoms with Crippen molar-refractivity contribution in [2.45, 2.75) is 12.8 Å². The van der Waals surface area contributed by atoms with E-state index in [0.29, 0.717) is 11.5 Å². The van der Waals surface area contributed by atoms with Gasteiger partial charge in [-0.25, -0.2) is 0 Å². The van der Waals surface area contributed by atoms with Crippen LogP contribution in [0.3, 0.4) is 0 Å². The number of nitrogens with one attached hydrogen (secondary N) is 1. The second-order valence-electron chi connectivity index (χ2n) is 6.07. The maximum absolute atomic E-state index is 12.3. The molecule has 1 fully saturated rings. The number of carbonyl (C=O) groups excluding carboxylic acids is 2. The predicted octanol–water partition coefficient (Wildman–Crippen LogP) is 1.90. The van der Waals surface area contributed by atoms with E-state index in [4.69, 9.17) is 0 Å². The Bertz CT molecular complexity index is 688. The summed E-state index contributed by atoms with van der Waals surface area (Å²) in [5.74, 6) is 0.199. The molecule has 1 unspecified atom stereocenters. The van der Waals surface area contributed by atoms with E-state index in [1.54, 1.807) is 30.5 Å². The molecule has 2 aromatic rings. The normalized spacial score (nSPS) is 16.8. The Hall–Kier alpha value is -2.69. The van der Waals surface area contributed by atoms with E-state index in [1.165, 1.54) is 0 Å². The van der Waals surface area contributed by atoms with Crippen LogP contribution in [-0.2, 0) is 11.2 Å². The third-order valence-corrected chi connectivity index (χ3v) is 4.30. The topological polar surface area (TPSA) is 62.3 Å². The van der Waals surface area contributed by atoms with E-state index >= 15 is 0 Å². The molecule has 0 aliphatic carbocycles. The van der Waals surface area contributed by atoms with Crippen molar-refractivity contribution in [1.29, 1.82) is 0 Å². The molecular formula is C19H21N3O2. The Labute approximate surface area is 141 Å². The highest BCUT2D eigenvalue weighted by molar-refractivity contribution is 5.96. The smallest absolute Gasteiger partial charge is 0.251 e. The van der Waals surface area contributed by atoms with Gasteiger partial charge in [-0.3, -0.25) is 14.6 Å². The Morgan fingerprint density at radius 3 is 2.67 bits per heavy atom. The standard InChI is InChI=1S/C19H21N3O2/c23-18(13-21-19(24)16-6-2-1-3-7-16)22-11-9-15(14-22)12-17-8-4-5-10-20-17/h1-8,10,15H,9,11-14H2,(H,21,24). The number of pyridine rings is 1. The Morgan fingerprint density at radius 1 is 1.12 bits per heavy atom. The number of hydrogen-bond acceptors (Lipinski definition) is 3. The molecule has 0 saturated carbocycles. The number of likely N-dealkylation sites (tertiary alicyclic amines) is 1. The molecule has 1 saturated heterocycles. The van der Waals surface area contributed by atoms with Crippen LogP contribution in [0.4, 0.5) is 0 Å². The van der Waals surface area contributed by atoms with E-state index in [9.17, 15) is 9.59 Å². The van der Waals surface area contributed by atoms with E-state index in [1.807, 2.05) is 29.2 Å². The summed E-state index contributed by atoms with van der Waals surface area (Å²) in [6.45, 7) is 1.53. The van der Waals surface area contributed by atoms with Gasteiger partial charge in [0.05, 0.1) is 6.54 Å². The Morgan fingerprint density at radius 2 is 1.92 bits per heavy atom. The lowest BCUT2D eigenvalue weighted by Crippen LogP contribution is -2.39. The summed E-state index contributed by atoms with van der Waals surface area (Å²) in [7, 11) is 0. The Balaban J connectivity index is 1.45. The number of nitrogens with zero attached hydrogens (tertiary/aromatic N) is 2. The van der Waals surface area contributed by atoms with Crippen LogP contribution in [0.15, 0.2) is 54.7 Å². The second-order valence-corrected chi connectivity index (χ2v) is 6.07. The number of aromatic nitrogens is 1. The minimum Gasteiger partial charge on any atom is -0.343 e. The first-order valence-corrected chi connectivity index (χ1v) is 8.23. The van der Waals surface area contributed by atoms with Crippen LogP contribution < -0.4 is 5.32 Å². The summed E-state index contributed by atoms with van der Waals surface area (Å²) in [6.07, 6.45) is 3.67. The largest absolute Gasteiger partial charge is 0.343 e. The summed E-state index contributed by atoms with van der Waals surface area (Å²) in [4.78, 5) is 30.4. The van der Waals surface area contributed by atoms with Crippen molar-refractivity contribution < 1.29 is 9.59 Å². The van der Waals surface area contributed by atoms with Crippen molar-refractivity contribution in [3.63, 3.8) is 0 Å². The van der Waals surface area contributed by atoms with Crippen LogP contribution >= 0.6 is 0 Å². The van der Waals surface area contributed by atoms with Gasteiger partial charge in [0.2, 0.25) is 5.91 Å². The van der Waals surface area contributed by atoms with Crippen LogP contribution in [-0.4, -0.2) is 41.3 Å². The monoisotopic (exact) mass is 323 g/mol. The third kappa shape index (κ3) is 4.19. The maximum Gasteiger partial charge on any atom is 0.251 e. The van der Waals surface area contributed by atoms with Crippen molar-refractivity contribution in [2.24, 2.45) is 5.92 Å². The van der Waals surface area contributed by atoms with Gasteiger partial charge in [-0.15, -0.1) is 0 Å². The van der Waals surface area contributed by atoms with Crippen LogP contribution in [0.25, 0.3) is 0 Å². The van der Waals surface area contributed by atoms with Gasteiger partial charge in [0.25, 0.3) is 5.91 Å². The predicted molar refractivity (Wildman–Crippen MR) is 91.4 cm³/mol. The first kappa shape index (κ1) is 16.2. The number of benzene rings is 1. The number of rotatable bonds is 5. The summed E-state index contributed by atoms with van der Waals surface area (Å²) in [5, 5.41) is 2.70. The van der Waals surface area contributed by atoms with Crippen LogP contribution in [0.5, 0.6) is 0 Å². The second kappa shape index (κ2) is 7.73. The molecule has 124 valence electrons. The zero-order chi connectivity index (χ0) is 16.8.